The molecule has 0 saturated carbocycles. The SMILES string of the molecule is CO[Si](OC)(OC)C(C)SSSSSSC(C)[Si](OC)(OC)OC. The Morgan fingerprint density at radius 2 is 0.750 bits per heavy atom. The standard InChI is InChI=1S/C10H26O6S6Si2/c1-9(23(11-3,12-4)13-5)17-19-21-22-20-18-10(2)24(14-6,15-7)16-8/h9-10H,1-8H3. The highest BCUT2D eigenvalue weighted by Gasteiger charge is 2.46. The van der Waals surface area contributed by atoms with Crippen molar-refractivity contribution >= 4 is 78.5 Å². The second kappa shape index (κ2) is 14.3. The average Bonchev–Trinajstić information content (AvgIpc) is 2.62. The van der Waals surface area contributed by atoms with Gasteiger partial charge in [0.25, 0.3) is 0 Å². The molecule has 0 aliphatic carbocycles. The summed E-state index contributed by atoms with van der Waals surface area (Å²) < 4.78 is 32.9. The molecule has 0 spiro atoms. The summed E-state index contributed by atoms with van der Waals surface area (Å²) in [6.45, 7) is 4.12. The molecule has 0 rings (SSSR count). The van der Waals surface area contributed by atoms with E-state index in [9.17, 15) is 0 Å². The van der Waals surface area contributed by atoms with Crippen LogP contribution in [0.1, 0.15) is 13.8 Å². The summed E-state index contributed by atoms with van der Waals surface area (Å²) in [7, 11) is 14.8. The molecular formula is C10H26O6S6Si2. The van der Waals surface area contributed by atoms with Gasteiger partial charge in [0.05, 0.1) is 9.75 Å². The fourth-order valence-corrected chi connectivity index (χ4v) is 22.8. The first-order chi connectivity index (χ1) is 11.4. The van der Waals surface area contributed by atoms with Gasteiger partial charge in [-0.1, -0.05) is 21.6 Å². The first-order valence-electron chi connectivity index (χ1n) is 6.71. The fraction of sp³-hybridized carbons (Fsp3) is 1.00. The molecule has 0 aliphatic heterocycles. The zero-order chi connectivity index (χ0) is 18.6. The molecule has 0 aromatic rings. The van der Waals surface area contributed by atoms with Crippen molar-refractivity contribution in [3.05, 3.63) is 0 Å². The van der Waals surface area contributed by atoms with Gasteiger partial charge in [0, 0.05) is 42.7 Å². The summed E-state index contributed by atoms with van der Waals surface area (Å²) in [5.41, 5.74) is 0. The Balaban J connectivity index is 4.07. The van der Waals surface area contributed by atoms with Crippen LogP contribution in [0.3, 0.4) is 0 Å². The van der Waals surface area contributed by atoms with Crippen LogP contribution in [-0.4, -0.2) is 70.0 Å². The quantitative estimate of drug-likeness (QED) is 0.183. The topological polar surface area (TPSA) is 55.4 Å². The van der Waals surface area contributed by atoms with Crippen molar-refractivity contribution in [3.8, 4) is 0 Å². The van der Waals surface area contributed by atoms with E-state index in [1.165, 1.54) is 0 Å². The molecule has 0 aliphatic rings. The van der Waals surface area contributed by atoms with Crippen LogP contribution in [0.5, 0.6) is 0 Å². The third-order valence-corrected chi connectivity index (χ3v) is 23.0. The molecule has 0 N–H and O–H groups in total. The van der Waals surface area contributed by atoms with Crippen LogP contribution in [0.15, 0.2) is 0 Å². The normalized spacial score (nSPS) is 15.5. The molecule has 0 aromatic carbocycles. The second-order valence-corrected chi connectivity index (χ2v) is 21.6. The van der Waals surface area contributed by atoms with Crippen molar-refractivity contribution in [2.45, 2.75) is 23.6 Å². The first-order valence-corrected chi connectivity index (χ1v) is 17.9. The molecule has 146 valence electrons. The van der Waals surface area contributed by atoms with Gasteiger partial charge < -0.3 is 26.6 Å². The van der Waals surface area contributed by atoms with E-state index in [1.807, 2.05) is 0 Å². The molecule has 6 nitrogen and oxygen atoms in total. The molecule has 14 heteroatoms. The summed E-state index contributed by atoms with van der Waals surface area (Å²) in [6, 6.07) is 0. The van der Waals surface area contributed by atoms with E-state index in [4.69, 9.17) is 26.6 Å². The Bertz CT molecular complexity index is 280. The Morgan fingerprint density at radius 1 is 0.500 bits per heavy atom. The third-order valence-electron chi connectivity index (χ3n) is 3.15. The molecule has 0 bridgehead atoms. The summed E-state index contributed by atoms with van der Waals surface area (Å²) in [5, 5.41) is 0. The molecule has 0 heterocycles. The van der Waals surface area contributed by atoms with E-state index in [1.54, 1.807) is 104 Å². The van der Waals surface area contributed by atoms with Crippen LogP contribution in [0.2, 0.25) is 0 Å². The summed E-state index contributed by atoms with van der Waals surface area (Å²) in [5.74, 6) is 0. The van der Waals surface area contributed by atoms with Gasteiger partial charge in [-0.3, -0.25) is 0 Å². The summed E-state index contributed by atoms with van der Waals surface area (Å²) in [4.78, 5) is 0.283. The lowest BCUT2D eigenvalue weighted by Crippen LogP contribution is -2.51. The first kappa shape index (κ1) is 26.3. The van der Waals surface area contributed by atoms with Gasteiger partial charge in [-0.05, 0) is 53.2 Å². The van der Waals surface area contributed by atoms with Gasteiger partial charge in [0.2, 0.25) is 0 Å². The third kappa shape index (κ3) is 7.73. The van der Waals surface area contributed by atoms with Gasteiger partial charge in [0.1, 0.15) is 0 Å². The molecule has 0 fully saturated rings. The lowest BCUT2D eigenvalue weighted by Gasteiger charge is -2.29. The summed E-state index contributed by atoms with van der Waals surface area (Å²) in [6.07, 6.45) is 0. The van der Waals surface area contributed by atoms with Gasteiger partial charge in [-0.2, -0.15) is 0 Å². The van der Waals surface area contributed by atoms with Crippen LogP contribution < -0.4 is 0 Å². The minimum atomic E-state index is -2.58. The molecule has 2 atom stereocenters. The van der Waals surface area contributed by atoms with Crippen LogP contribution in [0.25, 0.3) is 0 Å². The smallest absolute Gasteiger partial charge is 0.376 e. The molecule has 2 unspecified atom stereocenters. The molecule has 0 saturated heterocycles. The molecule has 0 radical (unpaired) electrons. The predicted octanol–water partition coefficient (Wildman–Crippen LogP) is 4.57. The van der Waals surface area contributed by atoms with E-state index >= 15 is 0 Å². The zero-order valence-corrected chi connectivity index (χ0v) is 22.0. The minimum absolute atomic E-state index is 0.141. The van der Waals surface area contributed by atoms with Crippen molar-refractivity contribution in [2.75, 3.05) is 42.7 Å². The highest BCUT2D eigenvalue weighted by atomic mass is 33.9. The van der Waals surface area contributed by atoms with Crippen molar-refractivity contribution in [1.29, 1.82) is 0 Å². The van der Waals surface area contributed by atoms with E-state index in [-0.39, 0.29) is 9.75 Å². The monoisotopic (exact) mass is 490 g/mol. The lowest BCUT2D eigenvalue weighted by molar-refractivity contribution is 0.122. The lowest BCUT2D eigenvalue weighted by atomic mass is 11.0. The average molecular weight is 491 g/mol. The maximum absolute atomic E-state index is 5.48. The van der Waals surface area contributed by atoms with Gasteiger partial charge in [0.15, 0.2) is 0 Å². The van der Waals surface area contributed by atoms with E-state index in [0.29, 0.717) is 0 Å². The maximum Gasteiger partial charge on any atom is 0.514 e. The Morgan fingerprint density at radius 3 is 0.958 bits per heavy atom. The highest BCUT2D eigenvalue weighted by Crippen LogP contribution is 2.55. The van der Waals surface area contributed by atoms with E-state index in [0.717, 1.165) is 0 Å². The largest absolute Gasteiger partial charge is 0.514 e. The van der Waals surface area contributed by atoms with Crippen molar-refractivity contribution < 1.29 is 26.6 Å². The highest BCUT2D eigenvalue weighted by molar-refractivity contribution is 9.42. The minimum Gasteiger partial charge on any atom is -0.376 e. The zero-order valence-electron chi connectivity index (χ0n) is 15.1. The number of rotatable bonds is 15. The fourth-order valence-electron chi connectivity index (χ4n) is 1.79. The van der Waals surface area contributed by atoms with Crippen molar-refractivity contribution in [1.82, 2.24) is 0 Å². The van der Waals surface area contributed by atoms with Crippen LogP contribution in [-0.2, 0) is 26.6 Å². The van der Waals surface area contributed by atoms with Gasteiger partial charge >= 0.3 is 17.6 Å². The summed E-state index contributed by atoms with van der Waals surface area (Å²) >= 11 is 0. The number of hydrogen-bond donors (Lipinski definition) is 0. The Hall–Kier alpha value is 2.29. The van der Waals surface area contributed by atoms with Crippen molar-refractivity contribution in [2.24, 2.45) is 0 Å². The molecule has 24 heavy (non-hydrogen) atoms. The second-order valence-electron chi connectivity index (χ2n) is 4.18. The maximum atomic E-state index is 5.48. The Kier molecular flexibility index (Phi) is 15.7. The number of hydrogen-bond acceptors (Lipinski definition) is 12. The van der Waals surface area contributed by atoms with E-state index < -0.39 is 17.6 Å². The van der Waals surface area contributed by atoms with Gasteiger partial charge in [-0.25, -0.2) is 0 Å². The molecule has 0 aromatic heterocycles. The predicted molar refractivity (Wildman–Crippen MR) is 118 cm³/mol. The molecule has 0 amide bonds. The van der Waals surface area contributed by atoms with Crippen molar-refractivity contribution in [3.63, 3.8) is 0 Å². The Labute approximate surface area is 170 Å². The molecular weight excluding hydrogens is 465 g/mol. The van der Waals surface area contributed by atoms with Crippen LogP contribution in [0, 0.1) is 0 Å². The van der Waals surface area contributed by atoms with E-state index in [2.05, 4.69) is 13.8 Å². The van der Waals surface area contributed by atoms with Gasteiger partial charge in [-0.15, -0.1) is 0 Å². The van der Waals surface area contributed by atoms with Crippen LogP contribution >= 0.6 is 60.9 Å². The van der Waals surface area contributed by atoms with Crippen LogP contribution in [0.4, 0.5) is 0 Å².